The third kappa shape index (κ3) is 4.26. The van der Waals surface area contributed by atoms with Gasteiger partial charge in [-0.1, -0.05) is 0 Å². The van der Waals surface area contributed by atoms with E-state index in [1.54, 1.807) is 18.9 Å². The van der Waals surface area contributed by atoms with Gasteiger partial charge in [0.15, 0.2) is 0 Å². The summed E-state index contributed by atoms with van der Waals surface area (Å²) in [6, 6.07) is -0.433. The number of methoxy groups -OCH3 is 1. The van der Waals surface area contributed by atoms with Crippen LogP contribution in [0, 0.1) is 5.92 Å². The van der Waals surface area contributed by atoms with E-state index in [9.17, 15) is 9.90 Å². The zero-order chi connectivity index (χ0) is 12.8. The molecule has 5 heteroatoms. The van der Waals surface area contributed by atoms with Gasteiger partial charge in [0, 0.05) is 32.7 Å². The molecular formula is C12H24N2O3. The van der Waals surface area contributed by atoms with Crippen molar-refractivity contribution in [2.75, 3.05) is 26.8 Å². The fourth-order valence-electron chi connectivity index (χ4n) is 2.19. The monoisotopic (exact) mass is 244 g/mol. The van der Waals surface area contributed by atoms with Crippen molar-refractivity contribution in [2.24, 2.45) is 11.7 Å². The van der Waals surface area contributed by atoms with Gasteiger partial charge in [-0.15, -0.1) is 0 Å². The molecule has 0 saturated carbocycles. The van der Waals surface area contributed by atoms with Gasteiger partial charge >= 0.3 is 0 Å². The van der Waals surface area contributed by atoms with Crippen LogP contribution < -0.4 is 5.73 Å². The number of hydrogen-bond acceptors (Lipinski definition) is 4. The predicted octanol–water partition coefficient (Wildman–Crippen LogP) is -0.0304. The molecular weight excluding hydrogens is 220 g/mol. The second kappa shape index (κ2) is 6.93. The van der Waals surface area contributed by atoms with Gasteiger partial charge in [-0.3, -0.25) is 4.79 Å². The molecule has 100 valence electrons. The average molecular weight is 244 g/mol. The largest absolute Gasteiger partial charge is 0.393 e. The molecule has 1 saturated heterocycles. The number of likely N-dealkylation sites (tertiary alicyclic amines) is 1. The van der Waals surface area contributed by atoms with Crippen molar-refractivity contribution in [3.63, 3.8) is 0 Å². The van der Waals surface area contributed by atoms with Crippen molar-refractivity contribution in [3.05, 3.63) is 0 Å². The third-order valence-electron chi connectivity index (χ3n) is 3.40. The van der Waals surface area contributed by atoms with Crippen molar-refractivity contribution in [2.45, 2.75) is 38.3 Å². The van der Waals surface area contributed by atoms with Crippen LogP contribution in [-0.4, -0.2) is 54.9 Å². The van der Waals surface area contributed by atoms with Gasteiger partial charge in [0.05, 0.1) is 12.1 Å². The van der Waals surface area contributed by atoms with E-state index >= 15 is 0 Å². The maximum absolute atomic E-state index is 12.0. The second-order valence-electron chi connectivity index (χ2n) is 4.82. The first-order valence-corrected chi connectivity index (χ1v) is 6.27. The highest BCUT2D eigenvalue weighted by atomic mass is 16.5. The molecule has 1 aliphatic rings. The van der Waals surface area contributed by atoms with Crippen LogP contribution in [0.1, 0.15) is 26.2 Å². The lowest BCUT2D eigenvalue weighted by Gasteiger charge is -2.21. The summed E-state index contributed by atoms with van der Waals surface area (Å²) in [5.74, 6) is 0.203. The minimum atomic E-state index is -0.433. The Hall–Kier alpha value is -0.650. The zero-order valence-corrected chi connectivity index (χ0v) is 10.8. The summed E-state index contributed by atoms with van der Waals surface area (Å²) in [6.45, 7) is 3.76. The highest BCUT2D eigenvalue weighted by Crippen LogP contribution is 2.20. The van der Waals surface area contributed by atoms with Crippen LogP contribution in [0.25, 0.3) is 0 Å². The quantitative estimate of drug-likeness (QED) is 0.643. The van der Waals surface area contributed by atoms with Gasteiger partial charge in [0.2, 0.25) is 5.91 Å². The van der Waals surface area contributed by atoms with Crippen LogP contribution in [0.4, 0.5) is 0 Å². The van der Waals surface area contributed by atoms with Crippen LogP contribution in [0.5, 0.6) is 0 Å². The normalized spacial score (nSPS) is 23.8. The van der Waals surface area contributed by atoms with Gasteiger partial charge in [-0.2, -0.15) is 0 Å². The van der Waals surface area contributed by atoms with Gasteiger partial charge in [0.1, 0.15) is 0 Å². The van der Waals surface area contributed by atoms with Gasteiger partial charge in [-0.25, -0.2) is 0 Å². The summed E-state index contributed by atoms with van der Waals surface area (Å²) in [5.41, 5.74) is 5.85. The van der Waals surface area contributed by atoms with Crippen LogP contribution >= 0.6 is 0 Å². The summed E-state index contributed by atoms with van der Waals surface area (Å²) in [6.07, 6.45) is 1.98. The molecule has 1 fully saturated rings. The number of nitrogens with zero attached hydrogens (tertiary/aromatic N) is 1. The molecule has 3 unspecified atom stereocenters. The number of aliphatic hydroxyl groups excluding tert-OH is 1. The third-order valence-corrected chi connectivity index (χ3v) is 3.40. The highest BCUT2D eigenvalue weighted by Gasteiger charge is 2.31. The van der Waals surface area contributed by atoms with Crippen LogP contribution in [0.15, 0.2) is 0 Å². The van der Waals surface area contributed by atoms with E-state index in [2.05, 4.69) is 0 Å². The molecule has 0 radical (unpaired) electrons. The van der Waals surface area contributed by atoms with Gasteiger partial charge in [0.25, 0.3) is 0 Å². The van der Waals surface area contributed by atoms with Gasteiger partial charge < -0.3 is 20.5 Å². The van der Waals surface area contributed by atoms with E-state index in [0.717, 1.165) is 12.8 Å². The molecule has 3 atom stereocenters. The number of rotatable bonds is 6. The molecule has 1 aliphatic heterocycles. The molecule has 5 nitrogen and oxygen atoms in total. The number of amides is 1. The summed E-state index contributed by atoms with van der Waals surface area (Å²) in [5, 5.41) is 9.48. The number of ether oxygens (including phenoxy) is 1. The lowest BCUT2D eigenvalue weighted by molar-refractivity contribution is -0.132. The molecule has 0 spiro atoms. The molecule has 1 heterocycles. The van der Waals surface area contributed by atoms with Crippen molar-refractivity contribution >= 4 is 5.91 Å². The Kier molecular flexibility index (Phi) is 5.88. The summed E-state index contributed by atoms with van der Waals surface area (Å²) < 4.78 is 4.93. The Balaban J connectivity index is 2.32. The minimum absolute atomic E-state index is 0.00394. The summed E-state index contributed by atoms with van der Waals surface area (Å²) in [4.78, 5) is 13.8. The standard InChI is InChI=1S/C12H24N2O3/c1-9(15)10-5-6-14(8-10)12(16)11(13)4-3-7-17-2/h9-11,15H,3-8,13H2,1-2H3. The molecule has 0 aromatic carbocycles. The Morgan fingerprint density at radius 2 is 2.35 bits per heavy atom. The second-order valence-corrected chi connectivity index (χ2v) is 4.82. The van der Waals surface area contributed by atoms with E-state index in [4.69, 9.17) is 10.5 Å². The lowest BCUT2D eigenvalue weighted by atomic mass is 10.0. The number of nitrogens with two attached hydrogens (primary N) is 1. The average Bonchev–Trinajstić information content (AvgIpc) is 2.77. The van der Waals surface area contributed by atoms with Crippen molar-refractivity contribution < 1.29 is 14.6 Å². The van der Waals surface area contributed by atoms with Crippen LogP contribution in [-0.2, 0) is 9.53 Å². The zero-order valence-electron chi connectivity index (χ0n) is 10.8. The number of carbonyl (C=O) groups excluding carboxylic acids is 1. The Bertz CT molecular complexity index is 246. The maximum atomic E-state index is 12.0. The molecule has 0 bridgehead atoms. The molecule has 0 aromatic heterocycles. The SMILES string of the molecule is COCCCC(N)C(=O)N1CCC(C(C)O)C1. The van der Waals surface area contributed by atoms with E-state index in [1.165, 1.54) is 0 Å². The van der Waals surface area contributed by atoms with Crippen LogP contribution in [0.2, 0.25) is 0 Å². The molecule has 1 rings (SSSR count). The van der Waals surface area contributed by atoms with Gasteiger partial charge in [-0.05, 0) is 26.2 Å². The van der Waals surface area contributed by atoms with Crippen molar-refractivity contribution in [1.82, 2.24) is 4.90 Å². The van der Waals surface area contributed by atoms with Crippen LogP contribution in [0.3, 0.4) is 0 Å². The first-order chi connectivity index (χ1) is 8.06. The lowest BCUT2D eigenvalue weighted by Crippen LogP contribution is -2.43. The number of carbonyl (C=O) groups is 1. The molecule has 3 N–H and O–H groups in total. The van der Waals surface area contributed by atoms with Crippen molar-refractivity contribution in [1.29, 1.82) is 0 Å². The first kappa shape index (κ1) is 14.4. The fourth-order valence-corrected chi connectivity index (χ4v) is 2.19. The molecule has 0 aliphatic carbocycles. The fraction of sp³-hybridized carbons (Fsp3) is 0.917. The summed E-state index contributed by atoms with van der Waals surface area (Å²) >= 11 is 0. The first-order valence-electron chi connectivity index (χ1n) is 6.27. The maximum Gasteiger partial charge on any atom is 0.239 e. The molecule has 0 aromatic rings. The highest BCUT2D eigenvalue weighted by molar-refractivity contribution is 5.81. The minimum Gasteiger partial charge on any atom is -0.393 e. The van der Waals surface area contributed by atoms with E-state index < -0.39 is 6.04 Å². The van der Waals surface area contributed by atoms with E-state index in [0.29, 0.717) is 26.1 Å². The topological polar surface area (TPSA) is 75.8 Å². The Morgan fingerprint density at radius 3 is 2.88 bits per heavy atom. The number of aliphatic hydroxyl groups is 1. The summed E-state index contributed by atoms with van der Waals surface area (Å²) in [7, 11) is 1.64. The molecule has 17 heavy (non-hydrogen) atoms. The van der Waals surface area contributed by atoms with E-state index in [1.807, 2.05) is 0 Å². The Labute approximate surface area is 103 Å². The smallest absolute Gasteiger partial charge is 0.239 e. The Morgan fingerprint density at radius 1 is 1.65 bits per heavy atom. The predicted molar refractivity (Wildman–Crippen MR) is 65.5 cm³/mol. The van der Waals surface area contributed by atoms with E-state index in [-0.39, 0.29) is 17.9 Å². The number of hydrogen-bond donors (Lipinski definition) is 2. The molecule has 1 amide bonds. The van der Waals surface area contributed by atoms with Crippen molar-refractivity contribution in [3.8, 4) is 0 Å².